The van der Waals surface area contributed by atoms with E-state index in [9.17, 15) is 4.79 Å². The molecule has 0 atom stereocenters. The molecule has 23 heavy (non-hydrogen) atoms. The first-order valence-electron chi connectivity index (χ1n) is 6.97. The van der Waals surface area contributed by atoms with Crippen molar-refractivity contribution in [2.45, 2.75) is 11.7 Å². The van der Waals surface area contributed by atoms with E-state index < -0.39 is 0 Å². The zero-order valence-electron chi connectivity index (χ0n) is 12.5. The number of furan rings is 1. The molecule has 0 saturated heterocycles. The first kappa shape index (κ1) is 15.3. The molecule has 0 aliphatic rings. The zero-order valence-corrected chi connectivity index (χ0v) is 13.3. The summed E-state index contributed by atoms with van der Waals surface area (Å²) in [6, 6.07) is 13.2. The molecular weight excluding hydrogens is 314 g/mol. The number of hydrogen-bond donors (Lipinski definition) is 0. The van der Waals surface area contributed by atoms with Crippen molar-refractivity contribution >= 4 is 17.7 Å². The number of amides is 1. The number of thioether (sulfide) groups is 1. The molecule has 8 heteroatoms. The molecule has 2 aromatic heterocycles. The molecule has 0 radical (unpaired) electrons. The van der Waals surface area contributed by atoms with Gasteiger partial charge in [-0.1, -0.05) is 30.0 Å². The lowest BCUT2D eigenvalue weighted by molar-refractivity contribution is -0.127. The van der Waals surface area contributed by atoms with Crippen LogP contribution in [0.2, 0.25) is 0 Å². The molecule has 0 aliphatic carbocycles. The van der Waals surface area contributed by atoms with Gasteiger partial charge in [0.1, 0.15) is 5.76 Å². The van der Waals surface area contributed by atoms with Crippen LogP contribution in [0.15, 0.2) is 58.3 Å². The van der Waals surface area contributed by atoms with Gasteiger partial charge in [-0.05, 0) is 34.7 Å². The second-order valence-corrected chi connectivity index (χ2v) is 5.77. The SMILES string of the molecule is CN(Cc1ccco1)C(=O)CSc1nnnn1-c1ccccc1. The van der Waals surface area contributed by atoms with Gasteiger partial charge >= 0.3 is 0 Å². The molecule has 0 saturated carbocycles. The normalized spacial score (nSPS) is 10.7. The Kier molecular flexibility index (Phi) is 4.72. The van der Waals surface area contributed by atoms with Gasteiger partial charge < -0.3 is 9.32 Å². The van der Waals surface area contributed by atoms with Crippen LogP contribution in [0.25, 0.3) is 5.69 Å². The minimum absolute atomic E-state index is 0.0194. The maximum Gasteiger partial charge on any atom is 0.233 e. The van der Waals surface area contributed by atoms with Crippen molar-refractivity contribution in [3.8, 4) is 5.69 Å². The molecular formula is C15H15N5O2S. The van der Waals surface area contributed by atoms with Gasteiger partial charge in [0.05, 0.1) is 24.2 Å². The standard InChI is InChI=1S/C15H15N5O2S/c1-19(10-13-8-5-9-22-13)14(21)11-23-15-16-17-18-20(15)12-6-3-2-4-7-12/h2-9H,10-11H2,1H3. The Bertz CT molecular complexity index is 757. The Morgan fingerprint density at radius 2 is 2.09 bits per heavy atom. The molecule has 0 bridgehead atoms. The third-order valence-corrected chi connectivity index (χ3v) is 4.07. The number of tetrazole rings is 1. The zero-order chi connectivity index (χ0) is 16.1. The number of carbonyl (C=O) groups excluding carboxylic acids is 1. The number of hydrogen-bond acceptors (Lipinski definition) is 6. The third-order valence-electron chi connectivity index (χ3n) is 3.17. The Labute approximate surface area is 137 Å². The van der Waals surface area contributed by atoms with Crippen molar-refractivity contribution in [1.82, 2.24) is 25.1 Å². The Morgan fingerprint density at radius 3 is 2.83 bits per heavy atom. The molecule has 0 fully saturated rings. The van der Waals surface area contributed by atoms with E-state index in [4.69, 9.17) is 4.42 Å². The number of rotatable bonds is 6. The first-order valence-corrected chi connectivity index (χ1v) is 7.95. The van der Waals surface area contributed by atoms with Gasteiger partial charge in [-0.25, -0.2) is 0 Å². The monoisotopic (exact) mass is 329 g/mol. The molecule has 0 aliphatic heterocycles. The second kappa shape index (κ2) is 7.10. The van der Waals surface area contributed by atoms with E-state index >= 15 is 0 Å². The number of benzene rings is 1. The van der Waals surface area contributed by atoms with Gasteiger partial charge in [-0.15, -0.1) is 5.10 Å². The van der Waals surface area contributed by atoms with Crippen LogP contribution in [0.3, 0.4) is 0 Å². The molecule has 0 spiro atoms. The molecule has 3 rings (SSSR count). The van der Waals surface area contributed by atoms with Gasteiger partial charge in [0.15, 0.2) is 0 Å². The minimum atomic E-state index is -0.0194. The van der Waals surface area contributed by atoms with Crippen molar-refractivity contribution in [3.05, 3.63) is 54.5 Å². The Hall–Kier alpha value is -2.61. The van der Waals surface area contributed by atoms with Gasteiger partial charge in [0.2, 0.25) is 11.1 Å². The summed E-state index contributed by atoms with van der Waals surface area (Å²) in [6.45, 7) is 0.440. The summed E-state index contributed by atoms with van der Waals surface area (Å²) in [5, 5.41) is 12.2. The van der Waals surface area contributed by atoms with E-state index in [1.165, 1.54) is 11.8 Å². The highest BCUT2D eigenvalue weighted by atomic mass is 32.2. The molecule has 118 valence electrons. The largest absolute Gasteiger partial charge is 0.467 e. The van der Waals surface area contributed by atoms with Gasteiger partial charge in [0, 0.05) is 7.05 Å². The lowest BCUT2D eigenvalue weighted by atomic mass is 10.3. The Balaban J connectivity index is 1.60. The van der Waals surface area contributed by atoms with Gasteiger partial charge in [-0.3, -0.25) is 4.79 Å². The van der Waals surface area contributed by atoms with Gasteiger partial charge in [0.25, 0.3) is 0 Å². The molecule has 0 N–H and O–H groups in total. The smallest absolute Gasteiger partial charge is 0.233 e. The van der Waals surface area contributed by atoms with Crippen LogP contribution < -0.4 is 0 Å². The average Bonchev–Trinajstić information content (AvgIpc) is 3.24. The lowest BCUT2D eigenvalue weighted by Gasteiger charge is -2.15. The van der Waals surface area contributed by atoms with E-state index in [1.54, 1.807) is 29.0 Å². The van der Waals surface area contributed by atoms with Crippen LogP contribution in [0.1, 0.15) is 5.76 Å². The fourth-order valence-electron chi connectivity index (χ4n) is 1.96. The molecule has 2 heterocycles. The molecule has 1 amide bonds. The molecule has 0 unspecified atom stereocenters. The third kappa shape index (κ3) is 3.78. The summed E-state index contributed by atoms with van der Waals surface area (Å²) < 4.78 is 6.86. The summed E-state index contributed by atoms with van der Waals surface area (Å²) in [4.78, 5) is 13.8. The van der Waals surface area contributed by atoms with E-state index in [0.717, 1.165) is 11.4 Å². The summed E-state index contributed by atoms with van der Waals surface area (Å²) in [5.74, 6) is 0.985. The van der Waals surface area contributed by atoms with E-state index in [-0.39, 0.29) is 11.7 Å². The molecule has 1 aromatic carbocycles. The van der Waals surface area contributed by atoms with E-state index in [2.05, 4.69) is 15.5 Å². The topological polar surface area (TPSA) is 77.1 Å². The maximum atomic E-state index is 12.2. The number of para-hydroxylation sites is 1. The average molecular weight is 329 g/mol. The van der Waals surface area contributed by atoms with Crippen LogP contribution in [0.5, 0.6) is 0 Å². The summed E-state index contributed by atoms with van der Waals surface area (Å²) in [7, 11) is 1.74. The highest BCUT2D eigenvalue weighted by Gasteiger charge is 2.15. The highest BCUT2D eigenvalue weighted by molar-refractivity contribution is 7.99. The number of aromatic nitrogens is 4. The fraction of sp³-hybridized carbons (Fsp3) is 0.200. The molecule has 7 nitrogen and oxygen atoms in total. The van der Waals surface area contributed by atoms with Crippen LogP contribution in [0.4, 0.5) is 0 Å². The fourth-order valence-corrected chi connectivity index (χ4v) is 2.79. The van der Waals surface area contributed by atoms with Crippen molar-refractivity contribution < 1.29 is 9.21 Å². The number of carbonyl (C=O) groups is 1. The quantitative estimate of drug-likeness (QED) is 0.644. The first-order chi connectivity index (χ1) is 11.2. The van der Waals surface area contributed by atoms with Crippen molar-refractivity contribution in [1.29, 1.82) is 0 Å². The van der Waals surface area contributed by atoms with Crippen molar-refractivity contribution in [2.24, 2.45) is 0 Å². The predicted molar refractivity (Wildman–Crippen MR) is 85.1 cm³/mol. The lowest BCUT2D eigenvalue weighted by Crippen LogP contribution is -2.27. The summed E-state index contributed by atoms with van der Waals surface area (Å²) in [6.07, 6.45) is 1.59. The highest BCUT2D eigenvalue weighted by Crippen LogP contribution is 2.18. The van der Waals surface area contributed by atoms with Crippen molar-refractivity contribution in [3.63, 3.8) is 0 Å². The predicted octanol–water partition coefficient (Wildman–Crippen LogP) is 2.01. The molecule has 3 aromatic rings. The van der Waals surface area contributed by atoms with Crippen molar-refractivity contribution in [2.75, 3.05) is 12.8 Å². The van der Waals surface area contributed by atoms with E-state index in [1.807, 2.05) is 36.4 Å². The summed E-state index contributed by atoms with van der Waals surface area (Å²) in [5.41, 5.74) is 0.858. The van der Waals surface area contributed by atoms with Crippen LogP contribution in [-0.4, -0.2) is 43.8 Å². The van der Waals surface area contributed by atoms with Crippen LogP contribution in [0, 0.1) is 0 Å². The number of nitrogens with zero attached hydrogens (tertiary/aromatic N) is 5. The van der Waals surface area contributed by atoms with Crippen LogP contribution >= 0.6 is 11.8 Å². The Morgan fingerprint density at radius 1 is 1.26 bits per heavy atom. The second-order valence-electron chi connectivity index (χ2n) is 4.83. The van der Waals surface area contributed by atoms with Crippen LogP contribution in [-0.2, 0) is 11.3 Å². The van der Waals surface area contributed by atoms with E-state index in [0.29, 0.717) is 11.7 Å². The maximum absolute atomic E-state index is 12.2. The van der Waals surface area contributed by atoms with Gasteiger partial charge in [-0.2, -0.15) is 4.68 Å². The minimum Gasteiger partial charge on any atom is -0.467 e. The summed E-state index contributed by atoms with van der Waals surface area (Å²) >= 11 is 1.30.